The SMILES string of the molecule is CCCC(C)NC(=O)CN1CC(C)(OCC(=O)O)C1. The Morgan fingerprint density at radius 1 is 1.47 bits per heavy atom. The molecule has 1 amide bonds. The van der Waals surface area contributed by atoms with Gasteiger partial charge in [-0.2, -0.15) is 0 Å². The van der Waals surface area contributed by atoms with Crippen LogP contribution >= 0.6 is 0 Å². The highest BCUT2D eigenvalue weighted by Gasteiger charge is 2.40. The number of carboxylic acids is 1. The fourth-order valence-corrected chi connectivity index (χ4v) is 2.37. The molecule has 1 fully saturated rings. The van der Waals surface area contributed by atoms with E-state index in [0.29, 0.717) is 19.6 Å². The van der Waals surface area contributed by atoms with Crippen molar-refractivity contribution in [2.45, 2.75) is 45.3 Å². The molecule has 0 bridgehead atoms. The first-order valence-corrected chi connectivity index (χ1v) is 6.72. The summed E-state index contributed by atoms with van der Waals surface area (Å²) in [7, 11) is 0. The van der Waals surface area contributed by atoms with Crippen LogP contribution in [0.3, 0.4) is 0 Å². The van der Waals surface area contributed by atoms with Gasteiger partial charge in [-0.25, -0.2) is 4.79 Å². The van der Waals surface area contributed by atoms with Crippen molar-refractivity contribution in [3.63, 3.8) is 0 Å². The van der Waals surface area contributed by atoms with Crippen LogP contribution in [-0.4, -0.2) is 59.8 Å². The van der Waals surface area contributed by atoms with E-state index in [2.05, 4.69) is 12.2 Å². The molecule has 2 N–H and O–H groups in total. The summed E-state index contributed by atoms with van der Waals surface area (Å²) in [6.07, 6.45) is 2.03. The quantitative estimate of drug-likeness (QED) is 0.671. The van der Waals surface area contributed by atoms with E-state index in [4.69, 9.17) is 9.84 Å². The maximum Gasteiger partial charge on any atom is 0.329 e. The Hall–Kier alpha value is -1.14. The lowest BCUT2D eigenvalue weighted by Gasteiger charge is -2.47. The minimum atomic E-state index is -0.967. The normalized spacial score (nSPS) is 19.5. The zero-order chi connectivity index (χ0) is 14.5. The molecule has 0 aromatic heterocycles. The van der Waals surface area contributed by atoms with Gasteiger partial charge in [0.1, 0.15) is 6.61 Å². The van der Waals surface area contributed by atoms with Gasteiger partial charge in [-0.3, -0.25) is 9.69 Å². The lowest BCUT2D eigenvalue weighted by molar-refractivity contribution is -0.166. The Kier molecular flexibility index (Phi) is 5.75. The molecule has 1 atom stereocenters. The number of amides is 1. The van der Waals surface area contributed by atoms with E-state index in [1.807, 2.05) is 18.7 Å². The van der Waals surface area contributed by atoms with E-state index in [1.54, 1.807) is 0 Å². The van der Waals surface area contributed by atoms with E-state index in [9.17, 15) is 9.59 Å². The molecule has 110 valence electrons. The van der Waals surface area contributed by atoms with E-state index in [-0.39, 0.29) is 18.6 Å². The van der Waals surface area contributed by atoms with Crippen LogP contribution in [-0.2, 0) is 14.3 Å². The summed E-state index contributed by atoms with van der Waals surface area (Å²) in [5.74, 6) is -0.952. The molecule has 0 aromatic carbocycles. The Balaban J connectivity index is 2.20. The largest absolute Gasteiger partial charge is 0.480 e. The molecular formula is C13H24N2O4. The molecule has 19 heavy (non-hydrogen) atoms. The Labute approximate surface area is 114 Å². The molecule has 1 aliphatic rings. The molecule has 1 saturated heterocycles. The van der Waals surface area contributed by atoms with E-state index >= 15 is 0 Å². The molecule has 0 spiro atoms. The summed E-state index contributed by atoms with van der Waals surface area (Å²) in [6.45, 7) is 7.20. The second-order valence-corrected chi connectivity index (χ2v) is 5.53. The van der Waals surface area contributed by atoms with Crippen molar-refractivity contribution >= 4 is 11.9 Å². The minimum absolute atomic E-state index is 0.0150. The third kappa shape index (κ3) is 5.57. The third-order valence-corrected chi connectivity index (χ3v) is 3.16. The van der Waals surface area contributed by atoms with Gasteiger partial charge in [-0.15, -0.1) is 0 Å². The fourth-order valence-electron chi connectivity index (χ4n) is 2.37. The standard InChI is InChI=1S/C13H24N2O4/c1-4-5-10(2)14-11(16)6-15-8-13(3,9-15)19-7-12(17)18/h10H,4-9H2,1-3H3,(H,14,16)(H,17,18). The summed E-state index contributed by atoms with van der Waals surface area (Å²) in [5.41, 5.74) is -0.437. The highest BCUT2D eigenvalue weighted by Crippen LogP contribution is 2.23. The molecule has 6 nitrogen and oxygen atoms in total. The average Bonchev–Trinajstić information content (AvgIpc) is 2.24. The molecule has 1 unspecified atom stereocenters. The lowest BCUT2D eigenvalue weighted by atomic mass is 9.96. The highest BCUT2D eigenvalue weighted by atomic mass is 16.5. The number of ether oxygens (including phenoxy) is 1. The van der Waals surface area contributed by atoms with Gasteiger partial charge in [-0.05, 0) is 20.3 Å². The summed E-state index contributed by atoms with van der Waals surface area (Å²) >= 11 is 0. The minimum Gasteiger partial charge on any atom is -0.480 e. The number of carbonyl (C=O) groups excluding carboxylic acids is 1. The first-order chi connectivity index (χ1) is 8.84. The second-order valence-electron chi connectivity index (χ2n) is 5.53. The number of carbonyl (C=O) groups is 2. The fraction of sp³-hybridized carbons (Fsp3) is 0.846. The predicted octanol–water partition coefficient (Wildman–Crippen LogP) is 0.467. The van der Waals surface area contributed by atoms with Crippen molar-refractivity contribution in [3.05, 3.63) is 0 Å². The van der Waals surface area contributed by atoms with Crippen LogP contribution < -0.4 is 5.32 Å². The summed E-state index contributed by atoms with van der Waals surface area (Å²) in [4.78, 5) is 24.1. The van der Waals surface area contributed by atoms with Gasteiger partial charge in [0.25, 0.3) is 0 Å². The van der Waals surface area contributed by atoms with Crippen molar-refractivity contribution in [1.82, 2.24) is 10.2 Å². The van der Waals surface area contributed by atoms with Crippen LogP contribution in [0.25, 0.3) is 0 Å². The van der Waals surface area contributed by atoms with Crippen molar-refractivity contribution < 1.29 is 19.4 Å². The van der Waals surface area contributed by atoms with Gasteiger partial charge < -0.3 is 15.2 Å². The first kappa shape index (κ1) is 15.9. The summed E-state index contributed by atoms with van der Waals surface area (Å²) in [5, 5.41) is 11.5. The maximum absolute atomic E-state index is 11.7. The molecule has 0 aliphatic carbocycles. The van der Waals surface area contributed by atoms with E-state index in [1.165, 1.54) is 0 Å². The number of hydrogen-bond acceptors (Lipinski definition) is 4. The van der Waals surface area contributed by atoms with Crippen molar-refractivity contribution in [2.24, 2.45) is 0 Å². The molecule has 0 aromatic rings. The maximum atomic E-state index is 11.7. The molecule has 6 heteroatoms. The molecular weight excluding hydrogens is 248 g/mol. The predicted molar refractivity (Wildman–Crippen MR) is 70.9 cm³/mol. The zero-order valence-electron chi connectivity index (χ0n) is 11.9. The van der Waals surface area contributed by atoms with Crippen LogP contribution in [0.2, 0.25) is 0 Å². The summed E-state index contributed by atoms with van der Waals surface area (Å²) < 4.78 is 5.29. The zero-order valence-corrected chi connectivity index (χ0v) is 11.9. The smallest absolute Gasteiger partial charge is 0.329 e. The van der Waals surface area contributed by atoms with Gasteiger partial charge in [0.2, 0.25) is 5.91 Å². The number of nitrogens with one attached hydrogen (secondary N) is 1. The molecule has 1 heterocycles. The van der Waals surface area contributed by atoms with Gasteiger partial charge in [0.05, 0.1) is 12.1 Å². The Morgan fingerprint density at radius 3 is 2.63 bits per heavy atom. The highest BCUT2D eigenvalue weighted by molar-refractivity contribution is 5.78. The van der Waals surface area contributed by atoms with Gasteiger partial charge in [-0.1, -0.05) is 13.3 Å². The number of aliphatic carboxylic acids is 1. The molecule has 0 saturated carbocycles. The van der Waals surface area contributed by atoms with Gasteiger partial charge >= 0.3 is 5.97 Å². The van der Waals surface area contributed by atoms with Gasteiger partial charge in [0, 0.05) is 19.1 Å². The van der Waals surface area contributed by atoms with E-state index < -0.39 is 11.6 Å². The summed E-state index contributed by atoms with van der Waals surface area (Å²) in [6, 6.07) is 0.202. The van der Waals surface area contributed by atoms with Crippen LogP contribution in [0, 0.1) is 0 Å². The molecule has 0 radical (unpaired) electrons. The van der Waals surface area contributed by atoms with Crippen LogP contribution in [0.15, 0.2) is 0 Å². The van der Waals surface area contributed by atoms with Gasteiger partial charge in [0.15, 0.2) is 0 Å². The number of rotatable bonds is 8. The number of carboxylic acid groups (broad SMARTS) is 1. The van der Waals surface area contributed by atoms with Crippen molar-refractivity contribution in [3.8, 4) is 0 Å². The first-order valence-electron chi connectivity index (χ1n) is 6.72. The molecule has 1 aliphatic heterocycles. The Bertz CT molecular complexity index is 327. The second kappa shape index (κ2) is 6.86. The number of hydrogen-bond donors (Lipinski definition) is 2. The molecule has 1 rings (SSSR count). The third-order valence-electron chi connectivity index (χ3n) is 3.16. The average molecular weight is 272 g/mol. The van der Waals surface area contributed by atoms with E-state index in [0.717, 1.165) is 12.8 Å². The van der Waals surface area contributed by atoms with Crippen LogP contribution in [0.5, 0.6) is 0 Å². The lowest BCUT2D eigenvalue weighted by Crippen LogP contribution is -2.63. The Morgan fingerprint density at radius 2 is 2.11 bits per heavy atom. The topological polar surface area (TPSA) is 78.9 Å². The number of nitrogens with zero attached hydrogens (tertiary/aromatic N) is 1. The number of likely N-dealkylation sites (tertiary alicyclic amines) is 1. The van der Waals surface area contributed by atoms with Crippen molar-refractivity contribution in [1.29, 1.82) is 0 Å². The van der Waals surface area contributed by atoms with Crippen LogP contribution in [0.4, 0.5) is 0 Å². The van der Waals surface area contributed by atoms with Crippen molar-refractivity contribution in [2.75, 3.05) is 26.2 Å². The van der Waals surface area contributed by atoms with Crippen LogP contribution in [0.1, 0.15) is 33.6 Å². The monoisotopic (exact) mass is 272 g/mol.